The van der Waals surface area contributed by atoms with Gasteiger partial charge in [-0.05, 0) is 18.1 Å². The maximum Gasteiger partial charge on any atom is 0.156 e. The molecule has 0 saturated heterocycles. The molecule has 0 amide bonds. The number of hydrogen-bond acceptors (Lipinski definition) is 3. The van der Waals surface area contributed by atoms with Crippen LogP contribution in [0.4, 0.5) is 0 Å². The molecule has 0 saturated carbocycles. The first-order valence-corrected chi connectivity index (χ1v) is 4.70. The normalized spacial score (nSPS) is 9.08. The average molecular weight is 214 g/mol. The molecule has 1 aromatic rings. The summed E-state index contributed by atoms with van der Waals surface area (Å²) in [4.78, 5) is 3.86. The van der Waals surface area contributed by atoms with Crippen LogP contribution in [0, 0.1) is 11.8 Å². The summed E-state index contributed by atoms with van der Waals surface area (Å²) in [5.74, 6) is 6.26. The third-order valence-corrected chi connectivity index (χ3v) is 1.72. The molecule has 1 rings (SSSR count). The summed E-state index contributed by atoms with van der Waals surface area (Å²) < 4.78 is 0. The molecule has 68 valence electrons. The number of thiol groups is 1. The molecule has 1 aromatic heterocycles. The first kappa shape index (κ1) is 10.2. The highest BCUT2D eigenvalue weighted by Gasteiger charge is 1.98. The van der Waals surface area contributed by atoms with Gasteiger partial charge in [-0.3, -0.25) is 0 Å². The molecule has 0 fully saturated rings. The summed E-state index contributed by atoms with van der Waals surface area (Å²) in [5, 5.41) is 9.62. The van der Waals surface area contributed by atoms with Gasteiger partial charge in [0.25, 0.3) is 0 Å². The lowest BCUT2D eigenvalue weighted by Gasteiger charge is -1.95. The molecular formula is C9H8ClNOS. The Balaban J connectivity index is 2.89. The van der Waals surface area contributed by atoms with Crippen molar-refractivity contribution in [3.63, 3.8) is 0 Å². The molecule has 0 aromatic carbocycles. The standard InChI is InChI=1S/C9H8ClNOS/c10-9-5-4-8(12)7(11-9)3-1-2-6-13/h4-5,12-13H,2,6H2. The van der Waals surface area contributed by atoms with Crippen molar-refractivity contribution in [2.24, 2.45) is 0 Å². The molecule has 1 N–H and O–H groups in total. The van der Waals surface area contributed by atoms with Gasteiger partial charge >= 0.3 is 0 Å². The van der Waals surface area contributed by atoms with E-state index in [1.165, 1.54) is 12.1 Å². The molecule has 13 heavy (non-hydrogen) atoms. The van der Waals surface area contributed by atoms with Crippen LogP contribution in [0.2, 0.25) is 5.15 Å². The predicted molar refractivity (Wildman–Crippen MR) is 56.3 cm³/mol. The Bertz CT molecular complexity index is 356. The maximum atomic E-state index is 9.29. The van der Waals surface area contributed by atoms with E-state index in [9.17, 15) is 5.11 Å². The van der Waals surface area contributed by atoms with Crippen LogP contribution in [-0.4, -0.2) is 15.8 Å². The fourth-order valence-electron chi connectivity index (χ4n) is 0.722. The largest absolute Gasteiger partial charge is 0.505 e. The maximum absolute atomic E-state index is 9.29. The van der Waals surface area contributed by atoms with Crippen LogP contribution in [0.1, 0.15) is 12.1 Å². The molecule has 0 aliphatic carbocycles. The van der Waals surface area contributed by atoms with Gasteiger partial charge in [0, 0.05) is 12.2 Å². The second-order valence-electron chi connectivity index (χ2n) is 2.28. The highest BCUT2D eigenvalue weighted by molar-refractivity contribution is 7.80. The van der Waals surface area contributed by atoms with Gasteiger partial charge in [0.1, 0.15) is 10.9 Å². The smallest absolute Gasteiger partial charge is 0.156 e. The van der Waals surface area contributed by atoms with Gasteiger partial charge in [0.15, 0.2) is 5.69 Å². The van der Waals surface area contributed by atoms with Crippen LogP contribution >= 0.6 is 24.2 Å². The van der Waals surface area contributed by atoms with Gasteiger partial charge in [-0.15, -0.1) is 0 Å². The van der Waals surface area contributed by atoms with Gasteiger partial charge in [-0.2, -0.15) is 12.6 Å². The van der Waals surface area contributed by atoms with Gasteiger partial charge < -0.3 is 5.11 Å². The molecule has 2 nitrogen and oxygen atoms in total. The Morgan fingerprint density at radius 2 is 2.31 bits per heavy atom. The van der Waals surface area contributed by atoms with E-state index in [2.05, 4.69) is 29.5 Å². The van der Waals surface area contributed by atoms with E-state index in [0.717, 1.165) is 0 Å². The highest BCUT2D eigenvalue weighted by atomic mass is 35.5. The number of rotatable bonds is 1. The topological polar surface area (TPSA) is 33.1 Å². The zero-order valence-corrected chi connectivity index (χ0v) is 8.44. The lowest BCUT2D eigenvalue weighted by molar-refractivity contribution is 0.471. The van der Waals surface area contributed by atoms with E-state index >= 15 is 0 Å². The van der Waals surface area contributed by atoms with Crippen LogP contribution in [0.15, 0.2) is 12.1 Å². The van der Waals surface area contributed by atoms with Crippen LogP contribution in [0.5, 0.6) is 5.75 Å². The third kappa shape index (κ3) is 3.17. The molecule has 4 heteroatoms. The van der Waals surface area contributed by atoms with E-state index in [1.807, 2.05) is 0 Å². The van der Waals surface area contributed by atoms with E-state index in [1.54, 1.807) is 0 Å². The van der Waals surface area contributed by atoms with Gasteiger partial charge in [-0.1, -0.05) is 17.5 Å². The fourth-order valence-corrected chi connectivity index (χ4v) is 0.981. The zero-order chi connectivity index (χ0) is 9.68. The summed E-state index contributed by atoms with van der Waals surface area (Å²) in [7, 11) is 0. The van der Waals surface area contributed by atoms with Crippen molar-refractivity contribution in [2.75, 3.05) is 5.75 Å². The monoisotopic (exact) mass is 213 g/mol. The molecule has 0 aliphatic rings. The molecule has 0 bridgehead atoms. The van der Waals surface area contributed by atoms with Crippen molar-refractivity contribution < 1.29 is 5.11 Å². The molecule has 0 aliphatic heterocycles. The van der Waals surface area contributed by atoms with Crippen LogP contribution in [0.25, 0.3) is 0 Å². The number of pyridine rings is 1. The SMILES string of the molecule is Oc1ccc(Cl)nc1C#CCCS. The lowest BCUT2D eigenvalue weighted by atomic mass is 10.3. The van der Waals surface area contributed by atoms with Crippen molar-refractivity contribution in [3.8, 4) is 17.6 Å². The Kier molecular flexibility index (Phi) is 3.94. The Morgan fingerprint density at radius 3 is 3.00 bits per heavy atom. The van der Waals surface area contributed by atoms with Crippen LogP contribution < -0.4 is 0 Å². The molecule has 0 radical (unpaired) electrons. The average Bonchev–Trinajstić information content (AvgIpc) is 2.11. The number of nitrogens with zero attached hydrogens (tertiary/aromatic N) is 1. The third-order valence-electron chi connectivity index (χ3n) is 1.28. The van der Waals surface area contributed by atoms with Crippen molar-refractivity contribution >= 4 is 24.2 Å². The molecule has 0 unspecified atom stereocenters. The molecule has 1 heterocycles. The van der Waals surface area contributed by atoms with Crippen molar-refractivity contribution in [2.45, 2.75) is 6.42 Å². The first-order valence-electron chi connectivity index (χ1n) is 3.69. The van der Waals surface area contributed by atoms with Crippen molar-refractivity contribution in [1.29, 1.82) is 0 Å². The fraction of sp³-hybridized carbons (Fsp3) is 0.222. The van der Waals surface area contributed by atoms with E-state index < -0.39 is 0 Å². The minimum absolute atomic E-state index is 0.0519. The van der Waals surface area contributed by atoms with Gasteiger partial charge in [0.05, 0.1) is 0 Å². The zero-order valence-electron chi connectivity index (χ0n) is 6.79. The predicted octanol–water partition coefficient (Wildman–Crippen LogP) is 2.11. The lowest BCUT2D eigenvalue weighted by Crippen LogP contribution is -1.83. The molecule has 0 spiro atoms. The highest BCUT2D eigenvalue weighted by Crippen LogP contribution is 2.15. The number of aromatic hydroxyl groups is 1. The van der Waals surface area contributed by atoms with Crippen LogP contribution in [0.3, 0.4) is 0 Å². The van der Waals surface area contributed by atoms with Crippen LogP contribution in [-0.2, 0) is 0 Å². The van der Waals surface area contributed by atoms with Gasteiger partial charge in [-0.25, -0.2) is 4.98 Å². The second kappa shape index (κ2) is 5.00. The second-order valence-corrected chi connectivity index (χ2v) is 3.11. The summed E-state index contributed by atoms with van der Waals surface area (Å²) in [6, 6.07) is 2.99. The minimum Gasteiger partial charge on any atom is -0.505 e. The van der Waals surface area contributed by atoms with E-state index in [0.29, 0.717) is 23.0 Å². The van der Waals surface area contributed by atoms with E-state index in [-0.39, 0.29) is 5.75 Å². The summed E-state index contributed by atoms with van der Waals surface area (Å²) in [6.45, 7) is 0. The number of halogens is 1. The Morgan fingerprint density at radius 1 is 1.54 bits per heavy atom. The quantitative estimate of drug-likeness (QED) is 0.426. The number of hydrogen-bond donors (Lipinski definition) is 2. The van der Waals surface area contributed by atoms with E-state index in [4.69, 9.17) is 11.6 Å². The van der Waals surface area contributed by atoms with Gasteiger partial charge in [0.2, 0.25) is 0 Å². The summed E-state index contributed by atoms with van der Waals surface area (Å²) in [6.07, 6.45) is 0.663. The summed E-state index contributed by atoms with van der Waals surface area (Å²) >= 11 is 9.63. The van der Waals surface area contributed by atoms with Crippen molar-refractivity contribution in [3.05, 3.63) is 23.0 Å². The first-order chi connectivity index (χ1) is 6.24. The Hall–Kier alpha value is -0.850. The molecule has 0 atom stereocenters. The summed E-state index contributed by atoms with van der Waals surface area (Å²) in [5.41, 5.74) is 0.314. The Labute approximate surface area is 87.4 Å². The van der Waals surface area contributed by atoms with Crippen molar-refractivity contribution in [1.82, 2.24) is 4.98 Å². The molecular weight excluding hydrogens is 206 g/mol. The minimum atomic E-state index is 0.0519. The number of aromatic nitrogens is 1.